The van der Waals surface area contributed by atoms with Crippen LogP contribution in [-0.4, -0.2) is 7.11 Å². The molecule has 0 radical (unpaired) electrons. The first-order valence-electron chi connectivity index (χ1n) is 2.92. The first-order valence-corrected chi connectivity index (χ1v) is 3.80. The van der Waals surface area contributed by atoms with Gasteiger partial charge in [0.05, 0.1) is 12.0 Å². The van der Waals surface area contributed by atoms with Gasteiger partial charge in [-0.3, -0.25) is 11.3 Å². The molecule has 0 unspecified atom stereocenters. The highest BCUT2D eigenvalue weighted by Crippen LogP contribution is 2.23. The van der Waals surface area contributed by atoms with E-state index in [1.807, 2.05) is 11.4 Å². The van der Waals surface area contributed by atoms with E-state index in [4.69, 9.17) is 10.6 Å². The lowest BCUT2D eigenvalue weighted by molar-refractivity contribution is 0.411. The zero-order valence-electron chi connectivity index (χ0n) is 5.76. The maximum absolute atomic E-state index is 5.14. The van der Waals surface area contributed by atoms with E-state index in [9.17, 15) is 0 Å². The number of ether oxygens (including phenoxy) is 1. The normalized spacial score (nSPS) is 9.80. The predicted octanol–water partition coefficient (Wildman–Crippen LogP) is 0.720. The lowest BCUT2D eigenvalue weighted by atomic mass is 10.4. The van der Waals surface area contributed by atoms with E-state index in [0.717, 1.165) is 10.6 Å². The molecule has 1 aromatic heterocycles. The highest BCUT2D eigenvalue weighted by atomic mass is 32.1. The molecule has 0 spiro atoms. The molecule has 1 heterocycles. The smallest absolute Gasteiger partial charge is 0.134 e. The molecule has 0 aliphatic carbocycles. The topological polar surface area (TPSA) is 47.3 Å². The van der Waals surface area contributed by atoms with Gasteiger partial charge in [0.2, 0.25) is 0 Å². The minimum Gasteiger partial charge on any atom is -0.496 e. The highest BCUT2D eigenvalue weighted by molar-refractivity contribution is 7.10. The third-order valence-corrected chi connectivity index (χ3v) is 2.09. The van der Waals surface area contributed by atoms with Crippen molar-refractivity contribution in [3.05, 3.63) is 16.3 Å². The van der Waals surface area contributed by atoms with E-state index >= 15 is 0 Å². The molecule has 0 amide bonds. The van der Waals surface area contributed by atoms with E-state index in [1.165, 1.54) is 0 Å². The lowest BCUT2D eigenvalue weighted by Gasteiger charge is -1.99. The molecular formula is C6H10N2OS. The van der Waals surface area contributed by atoms with Crippen molar-refractivity contribution in [1.29, 1.82) is 0 Å². The fourth-order valence-electron chi connectivity index (χ4n) is 0.732. The Kier molecular flexibility index (Phi) is 2.68. The Morgan fingerprint density at radius 1 is 1.80 bits per heavy atom. The SMILES string of the molecule is COc1ccsc1CNN. The van der Waals surface area contributed by atoms with Crippen LogP contribution in [0.1, 0.15) is 4.88 Å². The predicted molar refractivity (Wildman–Crippen MR) is 41.9 cm³/mol. The second-order valence-electron chi connectivity index (χ2n) is 1.79. The van der Waals surface area contributed by atoms with Crippen LogP contribution in [0.3, 0.4) is 0 Å². The van der Waals surface area contributed by atoms with E-state index in [-0.39, 0.29) is 0 Å². The monoisotopic (exact) mass is 158 g/mol. The van der Waals surface area contributed by atoms with Gasteiger partial charge in [0, 0.05) is 6.54 Å². The standard InChI is InChI=1S/C6H10N2OS/c1-9-5-2-3-10-6(5)4-8-7/h2-3,8H,4,7H2,1H3. The second kappa shape index (κ2) is 3.55. The minimum absolute atomic E-state index is 0.668. The number of hydrogen-bond acceptors (Lipinski definition) is 4. The van der Waals surface area contributed by atoms with Crippen molar-refractivity contribution in [2.75, 3.05) is 7.11 Å². The fourth-order valence-corrected chi connectivity index (χ4v) is 1.52. The highest BCUT2D eigenvalue weighted by Gasteiger charge is 2.00. The van der Waals surface area contributed by atoms with Gasteiger partial charge in [0.25, 0.3) is 0 Å². The molecule has 0 atom stereocenters. The van der Waals surface area contributed by atoms with Crippen LogP contribution in [-0.2, 0) is 6.54 Å². The summed E-state index contributed by atoms with van der Waals surface area (Å²) in [6.45, 7) is 0.668. The van der Waals surface area contributed by atoms with Gasteiger partial charge < -0.3 is 4.74 Å². The van der Waals surface area contributed by atoms with Crippen LogP contribution in [0.15, 0.2) is 11.4 Å². The number of methoxy groups -OCH3 is 1. The van der Waals surface area contributed by atoms with E-state index in [2.05, 4.69) is 5.43 Å². The first kappa shape index (κ1) is 7.53. The summed E-state index contributed by atoms with van der Waals surface area (Å²) < 4.78 is 5.05. The molecule has 1 aromatic rings. The molecular weight excluding hydrogens is 148 g/mol. The molecule has 0 saturated heterocycles. The van der Waals surface area contributed by atoms with Gasteiger partial charge in [0.15, 0.2) is 0 Å². The first-order chi connectivity index (χ1) is 4.88. The molecule has 0 fully saturated rings. The quantitative estimate of drug-likeness (QED) is 0.503. The van der Waals surface area contributed by atoms with Gasteiger partial charge in [-0.05, 0) is 11.4 Å². The Labute approximate surface area is 63.8 Å². The number of rotatable bonds is 3. The Morgan fingerprint density at radius 2 is 2.60 bits per heavy atom. The van der Waals surface area contributed by atoms with Gasteiger partial charge >= 0.3 is 0 Å². The molecule has 3 N–H and O–H groups in total. The van der Waals surface area contributed by atoms with Gasteiger partial charge in [-0.25, -0.2) is 0 Å². The largest absolute Gasteiger partial charge is 0.496 e. The van der Waals surface area contributed by atoms with Crippen molar-refractivity contribution in [1.82, 2.24) is 5.43 Å². The van der Waals surface area contributed by atoms with Gasteiger partial charge in [-0.1, -0.05) is 0 Å². The van der Waals surface area contributed by atoms with Crippen LogP contribution in [0.2, 0.25) is 0 Å². The molecule has 0 aliphatic rings. The molecule has 1 rings (SSSR count). The van der Waals surface area contributed by atoms with Crippen LogP contribution in [0.4, 0.5) is 0 Å². The molecule has 0 bridgehead atoms. The van der Waals surface area contributed by atoms with E-state index in [1.54, 1.807) is 18.4 Å². The van der Waals surface area contributed by atoms with Crippen molar-refractivity contribution >= 4 is 11.3 Å². The summed E-state index contributed by atoms with van der Waals surface area (Å²) in [6.07, 6.45) is 0. The fraction of sp³-hybridized carbons (Fsp3) is 0.333. The Hall–Kier alpha value is -0.580. The van der Waals surface area contributed by atoms with Crippen LogP contribution in [0.25, 0.3) is 0 Å². The van der Waals surface area contributed by atoms with Crippen molar-refractivity contribution in [2.24, 2.45) is 5.84 Å². The van der Waals surface area contributed by atoms with E-state index in [0.29, 0.717) is 6.54 Å². The van der Waals surface area contributed by atoms with Gasteiger partial charge in [-0.15, -0.1) is 11.3 Å². The zero-order valence-corrected chi connectivity index (χ0v) is 6.57. The Morgan fingerprint density at radius 3 is 3.20 bits per heavy atom. The summed E-state index contributed by atoms with van der Waals surface area (Å²) in [5, 5.41) is 1.98. The van der Waals surface area contributed by atoms with Crippen LogP contribution >= 0.6 is 11.3 Å². The summed E-state index contributed by atoms with van der Waals surface area (Å²) >= 11 is 1.63. The van der Waals surface area contributed by atoms with E-state index < -0.39 is 0 Å². The molecule has 10 heavy (non-hydrogen) atoms. The molecule has 0 saturated carbocycles. The van der Waals surface area contributed by atoms with Crippen molar-refractivity contribution < 1.29 is 4.74 Å². The molecule has 0 aliphatic heterocycles. The zero-order chi connectivity index (χ0) is 7.40. The van der Waals surface area contributed by atoms with Crippen LogP contribution in [0.5, 0.6) is 5.75 Å². The number of hydrazine groups is 1. The molecule has 3 nitrogen and oxygen atoms in total. The maximum Gasteiger partial charge on any atom is 0.134 e. The average molecular weight is 158 g/mol. The van der Waals surface area contributed by atoms with Crippen molar-refractivity contribution in [3.63, 3.8) is 0 Å². The third-order valence-electron chi connectivity index (χ3n) is 1.19. The van der Waals surface area contributed by atoms with Crippen molar-refractivity contribution in [3.8, 4) is 5.75 Å². The van der Waals surface area contributed by atoms with Crippen LogP contribution < -0.4 is 16.0 Å². The lowest BCUT2D eigenvalue weighted by Crippen LogP contribution is -2.20. The Balaban J connectivity index is 2.70. The molecule has 4 heteroatoms. The summed E-state index contributed by atoms with van der Waals surface area (Å²) in [5.74, 6) is 6.05. The second-order valence-corrected chi connectivity index (χ2v) is 2.79. The molecule has 56 valence electrons. The third kappa shape index (κ3) is 1.47. The summed E-state index contributed by atoms with van der Waals surface area (Å²) in [5.41, 5.74) is 2.58. The summed E-state index contributed by atoms with van der Waals surface area (Å²) in [7, 11) is 1.65. The summed E-state index contributed by atoms with van der Waals surface area (Å²) in [4.78, 5) is 1.13. The maximum atomic E-state index is 5.14. The minimum atomic E-state index is 0.668. The van der Waals surface area contributed by atoms with Gasteiger partial charge in [0.1, 0.15) is 5.75 Å². The van der Waals surface area contributed by atoms with Crippen LogP contribution in [0, 0.1) is 0 Å². The summed E-state index contributed by atoms with van der Waals surface area (Å²) in [6, 6.07) is 1.93. The van der Waals surface area contributed by atoms with Crippen molar-refractivity contribution in [2.45, 2.75) is 6.54 Å². The number of nitrogens with two attached hydrogens (primary N) is 1. The van der Waals surface area contributed by atoms with Gasteiger partial charge in [-0.2, -0.15) is 0 Å². The number of hydrogen-bond donors (Lipinski definition) is 2. The number of nitrogens with one attached hydrogen (secondary N) is 1. The average Bonchev–Trinajstić information content (AvgIpc) is 2.36. The Bertz CT molecular complexity index is 199. The number of thiophene rings is 1. The molecule has 0 aromatic carbocycles.